The number of nitrogens with one attached hydrogen (secondary N) is 1. The van der Waals surface area contributed by atoms with E-state index in [2.05, 4.69) is 42.2 Å². The minimum atomic E-state index is -0.131. The van der Waals surface area contributed by atoms with E-state index in [1.54, 1.807) is 12.3 Å². The molecule has 0 aliphatic heterocycles. The number of benzene rings is 1. The van der Waals surface area contributed by atoms with Crippen molar-refractivity contribution < 1.29 is 4.79 Å². The van der Waals surface area contributed by atoms with Gasteiger partial charge in [0, 0.05) is 10.0 Å². The maximum Gasteiger partial charge on any atom is 0.255 e. The van der Waals surface area contributed by atoms with Crippen molar-refractivity contribution in [3.05, 3.63) is 56.2 Å². The van der Waals surface area contributed by atoms with Gasteiger partial charge in [0.2, 0.25) is 0 Å². The Kier molecular flexibility index (Phi) is 4.37. The molecule has 1 aromatic carbocycles. The highest BCUT2D eigenvalue weighted by Crippen LogP contribution is 2.19. The first-order valence-electron chi connectivity index (χ1n) is 5.67. The van der Waals surface area contributed by atoms with E-state index in [9.17, 15) is 4.79 Å². The molecule has 0 aliphatic rings. The molecule has 1 N–H and O–H groups in total. The molecule has 1 heterocycles. The number of aryl methyl sites for hydroxylation is 2. The number of hydrogen-bond donors (Lipinski definition) is 1. The number of rotatable bonds is 2. The lowest BCUT2D eigenvalue weighted by atomic mass is 10.1. The number of halogens is 2. The van der Waals surface area contributed by atoms with Crippen LogP contribution in [-0.4, -0.2) is 10.9 Å². The van der Waals surface area contributed by atoms with Crippen LogP contribution < -0.4 is 5.32 Å². The quantitative estimate of drug-likeness (QED) is 0.777. The molecule has 0 bridgehead atoms. The highest BCUT2D eigenvalue weighted by molar-refractivity contribution is 9.10. The Morgan fingerprint density at radius 2 is 1.89 bits per heavy atom. The van der Waals surface area contributed by atoms with Crippen molar-refractivity contribution in [3.8, 4) is 0 Å². The first-order chi connectivity index (χ1) is 8.97. The Morgan fingerprint density at radius 3 is 2.53 bits per heavy atom. The zero-order valence-corrected chi connectivity index (χ0v) is 13.7. The molecule has 19 heavy (non-hydrogen) atoms. The molecular formula is C14H12Br2N2O. The van der Waals surface area contributed by atoms with Gasteiger partial charge in [-0.15, -0.1) is 0 Å². The molecule has 5 heteroatoms. The van der Waals surface area contributed by atoms with Crippen molar-refractivity contribution >= 4 is 43.5 Å². The summed E-state index contributed by atoms with van der Waals surface area (Å²) in [5.74, 6) is -0.131. The van der Waals surface area contributed by atoms with Crippen LogP contribution in [0.25, 0.3) is 0 Å². The van der Waals surface area contributed by atoms with Crippen LogP contribution in [0.15, 0.2) is 39.5 Å². The fourth-order valence-electron chi connectivity index (χ4n) is 1.71. The van der Waals surface area contributed by atoms with E-state index in [1.165, 1.54) is 0 Å². The number of aromatic nitrogens is 1. The van der Waals surface area contributed by atoms with Crippen molar-refractivity contribution in [1.29, 1.82) is 0 Å². The third-order valence-corrected chi connectivity index (χ3v) is 4.03. The normalized spacial score (nSPS) is 10.3. The van der Waals surface area contributed by atoms with Gasteiger partial charge in [0.05, 0.1) is 11.9 Å². The highest BCUT2D eigenvalue weighted by Gasteiger charge is 2.10. The third kappa shape index (κ3) is 3.42. The predicted octanol–water partition coefficient (Wildman–Crippen LogP) is 4.48. The molecular weight excluding hydrogens is 372 g/mol. The molecule has 98 valence electrons. The second-order valence-electron chi connectivity index (χ2n) is 4.25. The average Bonchev–Trinajstić information content (AvgIpc) is 2.33. The molecule has 1 amide bonds. The number of nitrogens with zero attached hydrogens (tertiary/aromatic N) is 1. The van der Waals surface area contributed by atoms with Gasteiger partial charge in [0.1, 0.15) is 4.60 Å². The number of carbonyl (C=O) groups is 1. The molecule has 1 aromatic heterocycles. The van der Waals surface area contributed by atoms with Crippen molar-refractivity contribution in [3.63, 3.8) is 0 Å². The highest BCUT2D eigenvalue weighted by atomic mass is 79.9. The molecule has 0 fully saturated rings. The number of hydrogen-bond acceptors (Lipinski definition) is 2. The summed E-state index contributed by atoms with van der Waals surface area (Å²) >= 11 is 6.71. The van der Waals surface area contributed by atoms with Gasteiger partial charge >= 0.3 is 0 Å². The number of amides is 1. The monoisotopic (exact) mass is 382 g/mol. The van der Waals surface area contributed by atoms with Crippen LogP contribution in [0.3, 0.4) is 0 Å². The summed E-state index contributed by atoms with van der Waals surface area (Å²) in [4.78, 5) is 16.3. The Morgan fingerprint density at radius 1 is 1.16 bits per heavy atom. The summed E-state index contributed by atoms with van der Waals surface area (Å²) in [5.41, 5.74) is 3.25. The van der Waals surface area contributed by atoms with E-state index >= 15 is 0 Å². The SMILES string of the molecule is Cc1cc(Br)ccc1C(=O)Nc1cnc(Br)c(C)c1. The third-order valence-electron chi connectivity index (χ3n) is 2.71. The molecule has 0 aliphatic carbocycles. The van der Waals surface area contributed by atoms with Crippen LogP contribution >= 0.6 is 31.9 Å². The summed E-state index contributed by atoms with van der Waals surface area (Å²) < 4.78 is 1.74. The largest absolute Gasteiger partial charge is 0.321 e. The number of anilines is 1. The molecule has 2 rings (SSSR count). The average molecular weight is 384 g/mol. The second-order valence-corrected chi connectivity index (χ2v) is 5.91. The topological polar surface area (TPSA) is 42.0 Å². The summed E-state index contributed by atoms with van der Waals surface area (Å²) in [5, 5.41) is 2.85. The minimum absolute atomic E-state index is 0.131. The van der Waals surface area contributed by atoms with Crippen LogP contribution in [0.4, 0.5) is 5.69 Å². The maximum atomic E-state index is 12.2. The van der Waals surface area contributed by atoms with Crippen LogP contribution in [0.1, 0.15) is 21.5 Å². The maximum absolute atomic E-state index is 12.2. The van der Waals surface area contributed by atoms with Gasteiger partial charge in [-0.1, -0.05) is 15.9 Å². The van der Waals surface area contributed by atoms with Gasteiger partial charge in [0.15, 0.2) is 0 Å². The van der Waals surface area contributed by atoms with Gasteiger partial charge in [-0.25, -0.2) is 4.98 Å². The van der Waals surface area contributed by atoms with E-state index in [0.717, 1.165) is 20.2 Å². The molecule has 0 saturated heterocycles. The van der Waals surface area contributed by atoms with Crippen molar-refractivity contribution in [2.75, 3.05) is 5.32 Å². The van der Waals surface area contributed by atoms with Crippen molar-refractivity contribution in [2.45, 2.75) is 13.8 Å². The fourth-order valence-corrected chi connectivity index (χ4v) is 2.40. The molecule has 0 radical (unpaired) electrons. The minimum Gasteiger partial charge on any atom is -0.321 e. The number of pyridine rings is 1. The summed E-state index contributed by atoms with van der Waals surface area (Å²) in [7, 11) is 0. The standard InChI is InChI=1S/C14H12Br2N2O/c1-8-5-10(15)3-4-12(8)14(19)18-11-6-9(2)13(16)17-7-11/h3-7H,1-2H3,(H,18,19). The van der Waals surface area contributed by atoms with Gasteiger partial charge < -0.3 is 5.32 Å². The lowest BCUT2D eigenvalue weighted by molar-refractivity contribution is 0.102. The van der Waals surface area contributed by atoms with E-state index in [4.69, 9.17) is 0 Å². The lowest BCUT2D eigenvalue weighted by Crippen LogP contribution is -2.13. The summed E-state index contributed by atoms with van der Waals surface area (Å²) in [6.45, 7) is 3.84. The van der Waals surface area contributed by atoms with Crippen LogP contribution in [-0.2, 0) is 0 Å². The van der Waals surface area contributed by atoms with Crippen LogP contribution in [0, 0.1) is 13.8 Å². The van der Waals surface area contributed by atoms with Crippen LogP contribution in [0.2, 0.25) is 0 Å². The second kappa shape index (κ2) is 5.84. The van der Waals surface area contributed by atoms with Gasteiger partial charge in [-0.3, -0.25) is 4.79 Å². The Bertz CT molecular complexity index is 641. The zero-order valence-electron chi connectivity index (χ0n) is 10.5. The van der Waals surface area contributed by atoms with Crippen molar-refractivity contribution in [2.24, 2.45) is 0 Å². The Hall–Kier alpha value is -1.20. The first-order valence-corrected chi connectivity index (χ1v) is 7.25. The summed E-state index contributed by atoms with van der Waals surface area (Å²) in [6.07, 6.45) is 1.63. The molecule has 0 saturated carbocycles. The molecule has 2 aromatic rings. The zero-order chi connectivity index (χ0) is 14.0. The van der Waals surface area contributed by atoms with Gasteiger partial charge in [-0.2, -0.15) is 0 Å². The van der Waals surface area contributed by atoms with Gasteiger partial charge in [0.25, 0.3) is 5.91 Å². The van der Waals surface area contributed by atoms with Crippen molar-refractivity contribution in [1.82, 2.24) is 4.98 Å². The van der Waals surface area contributed by atoms with E-state index in [1.807, 2.05) is 32.0 Å². The van der Waals surface area contributed by atoms with E-state index in [-0.39, 0.29) is 5.91 Å². The Balaban J connectivity index is 2.23. The number of carbonyl (C=O) groups excluding carboxylic acids is 1. The van der Waals surface area contributed by atoms with E-state index in [0.29, 0.717) is 11.3 Å². The van der Waals surface area contributed by atoms with Gasteiger partial charge in [-0.05, 0) is 65.2 Å². The molecule has 0 atom stereocenters. The summed E-state index contributed by atoms with van der Waals surface area (Å²) in [6, 6.07) is 7.45. The fraction of sp³-hybridized carbons (Fsp3) is 0.143. The molecule has 0 unspecified atom stereocenters. The smallest absolute Gasteiger partial charge is 0.255 e. The Labute approximate surface area is 128 Å². The van der Waals surface area contributed by atoms with E-state index < -0.39 is 0 Å². The van der Waals surface area contributed by atoms with Crippen LogP contribution in [0.5, 0.6) is 0 Å². The lowest BCUT2D eigenvalue weighted by Gasteiger charge is -2.09. The first kappa shape index (κ1) is 14.2. The molecule has 3 nitrogen and oxygen atoms in total. The predicted molar refractivity (Wildman–Crippen MR) is 83.5 cm³/mol. The molecule has 0 spiro atoms.